The Hall–Kier alpha value is -2.06. The lowest BCUT2D eigenvalue weighted by Crippen LogP contribution is -2.43. The molecule has 1 aliphatic rings. The molecule has 2 aromatic heterocycles. The fourth-order valence-corrected chi connectivity index (χ4v) is 3.52. The molecule has 3 rings (SSSR count). The summed E-state index contributed by atoms with van der Waals surface area (Å²) in [5.41, 5.74) is 13.2. The number of rotatable bonds is 4. The van der Waals surface area contributed by atoms with Gasteiger partial charge in [0.25, 0.3) is 5.91 Å². The second kappa shape index (κ2) is 6.59. The minimum Gasteiger partial charge on any atom is -0.364 e. The van der Waals surface area contributed by atoms with E-state index in [0.29, 0.717) is 12.1 Å². The van der Waals surface area contributed by atoms with Gasteiger partial charge in [-0.3, -0.25) is 4.79 Å². The summed E-state index contributed by atoms with van der Waals surface area (Å²) < 4.78 is 4.26. The first-order valence-electron chi connectivity index (χ1n) is 7.61. The summed E-state index contributed by atoms with van der Waals surface area (Å²) in [5, 5.41) is 0. The second-order valence-corrected chi connectivity index (χ2v) is 6.74. The van der Waals surface area contributed by atoms with Gasteiger partial charge in [0, 0.05) is 30.4 Å². The zero-order chi connectivity index (χ0) is 16.4. The molecule has 3 heterocycles. The van der Waals surface area contributed by atoms with E-state index in [1.807, 2.05) is 13.0 Å². The van der Waals surface area contributed by atoms with Crippen LogP contribution in [0.5, 0.6) is 0 Å². The third-order valence-electron chi connectivity index (χ3n) is 3.87. The molecule has 0 spiro atoms. The summed E-state index contributed by atoms with van der Waals surface area (Å²) in [6.45, 7) is 3.59. The van der Waals surface area contributed by atoms with Gasteiger partial charge in [-0.2, -0.15) is 4.37 Å². The lowest BCUT2D eigenvalue weighted by atomic mass is 10.1. The Bertz CT molecular complexity index is 716. The fraction of sp³-hybridized carbons (Fsp3) is 0.467. The number of primary amides is 1. The molecule has 0 bridgehead atoms. The molecule has 4 N–H and O–H groups in total. The highest BCUT2D eigenvalue weighted by Gasteiger charge is 2.21. The Morgan fingerprint density at radius 1 is 1.52 bits per heavy atom. The average Bonchev–Trinajstić information content (AvgIpc) is 2.92. The van der Waals surface area contributed by atoms with Crippen LogP contribution in [0, 0.1) is 6.92 Å². The van der Waals surface area contributed by atoms with Gasteiger partial charge in [-0.1, -0.05) is 0 Å². The average molecular weight is 332 g/mol. The van der Waals surface area contributed by atoms with Gasteiger partial charge in [-0.05, 0) is 37.4 Å². The first-order valence-corrected chi connectivity index (χ1v) is 8.38. The van der Waals surface area contributed by atoms with Gasteiger partial charge in [-0.15, -0.1) is 0 Å². The Labute approximate surface area is 138 Å². The van der Waals surface area contributed by atoms with Crippen molar-refractivity contribution in [2.45, 2.75) is 32.2 Å². The van der Waals surface area contributed by atoms with Crippen molar-refractivity contribution < 1.29 is 4.79 Å². The van der Waals surface area contributed by atoms with Crippen molar-refractivity contribution in [3.63, 3.8) is 0 Å². The zero-order valence-electron chi connectivity index (χ0n) is 13.0. The van der Waals surface area contributed by atoms with Crippen LogP contribution in [0.15, 0.2) is 12.3 Å². The number of hydrogen-bond donors (Lipinski definition) is 2. The van der Waals surface area contributed by atoms with E-state index in [1.54, 1.807) is 6.20 Å². The quantitative estimate of drug-likeness (QED) is 0.859. The van der Waals surface area contributed by atoms with Crippen molar-refractivity contribution in [3.05, 3.63) is 34.2 Å². The number of aromatic nitrogens is 3. The number of hydrogen-bond acceptors (Lipinski definition) is 7. The maximum Gasteiger partial charge on any atom is 0.269 e. The molecular weight excluding hydrogens is 312 g/mol. The lowest BCUT2D eigenvalue weighted by Gasteiger charge is -2.31. The molecule has 2 aromatic rings. The van der Waals surface area contributed by atoms with E-state index >= 15 is 0 Å². The lowest BCUT2D eigenvalue weighted by molar-refractivity contribution is 0.0994. The van der Waals surface area contributed by atoms with Crippen LogP contribution < -0.4 is 16.4 Å². The summed E-state index contributed by atoms with van der Waals surface area (Å²) in [5.74, 6) is 0.192. The van der Waals surface area contributed by atoms with Crippen molar-refractivity contribution in [1.82, 2.24) is 14.3 Å². The van der Waals surface area contributed by atoms with Crippen molar-refractivity contribution in [2.75, 3.05) is 18.0 Å². The highest BCUT2D eigenvalue weighted by molar-refractivity contribution is 7.05. The minimum absolute atomic E-state index is 0.147. The maximum absolute atomic E-state index is 11.6. The van der Waals surface area contributed by atoms with Gasteiger partial charge in [0.05, 0.1) is 17.6 Å². The van der Waals surface area contributed by atoms with Gasteiger partial charge in [0.2, 0.25) is 0 Å². The van der Waals surface area contributed by atoms with Crippen LogP contribution in [0.25, 0.3) is 0 Å². The van der Waals surface area contributed by atoms with E-state index in [1.165, 1.54) is 11.5 Å². The number of aryl methyl sites for hydroxylation is 1. The van der Waals surface area contributed by atoms with Crippen molar-refractivity contribution in [1.29, 1.82) is 0 Å². The van der Waals surface area contributed by atoms with Crippen LogP contribution in [0.2, 0.25) is 0 Å². The third kappa shape index (κ3) is 3.65. The van der Waals surface area contributed by atoms with E-state index in [9.17, 15) is 4.79 Å². The maximum atomic E-state index is 11.6. The standard InChI is InChI=1S/C15H20N6OS/c1-9-5-11(23-20-9)6-12-14(15(17)22)18-7-13(19-12)21-4-2-3-10(16)8-21/h5,7,10H,2-4,6,8,16H2,1H3,(H2,17,22). The van der Waals surface area contributed by atoms with E-state index in [4.69, 9.17) is 11.5 Å². The van der Waals surface area contributed by atoms with Crippen LogP contribution >= 0.6 is 11.5 Å². The van der Waals surface area contributed by atoms with Crippen LogP contribution in [0.4, 0.5) is 5.82 Å². The number of piperidine rings is 1. The Kier molecular flexibility index (Phi) is 4.53. The highest BCUT2D eigenvalue weighted by Crippen LogP contribution is 2.21. The summed E-state index contributed by atoms with van der Waals surface area (Å²) in [6, 6.07) is 2.13. The first-order chi connectivity index (χ1) is 11.0. The van der Waals surface area contributed by atoms with E-state index < -0.39 is 5.91 Å². The number of nitrogens with two attached hydrogens (primary N) is 2. The normalized spacial score (nSPS) is 18.2. The van der Waals surface area contributed by atoms with Crippen molar-refractivity contribution in [2.24, 2.45) is 11.5 Å². The molecular formula is C15H20N6OS. The molecule has 0 radical (unpaired) electrons. The predicted molar refractivity (Wildman–Crippen MR) is 89.6 cm³/mol. The summed E-state index contributed by atoms with van der Waals surface area (Å²) in [6.07, 6.45) is 4.17. The number of anilines is 1. The molecule has 1 unspecified atom stereocenters. The topological polar surface area (TPSA) is 111 Å². The van der Waals surface area contributed by atoms with Crippen LogP contribution in [-0.4, -0.2) is 39.4 Å². The molecule has 0 aromatic carbocycles. The first kappa shape index (κ1) is 15.8. The summed E-state index contributed by atoms with van der Waals surface area (Å²) in [4.78, 5) is 23.7. The Morgan fingerprint density at radius 3 is 3.00 bits per heavy atom. The molecule has 7 nitrogen and oxygen atoms in total. The largest absolute Gasteiger partial charge is 0.364 e. The van der Waals surface area contributed by atoms with Crippen molar-refractivity contribution >= 4 is 23.3 Å². The monoisotopic (exact) mass is 332 g/mol. The number of amides is 1. The molecule has 1 atom stereocenters. The molecule has 8 heteroatoms. The van der Waals surface area contributed by atoms with Gasteiger partial charge in [-0.25, -0.2) is 9.97 Å². The Morgan fingerprint density at radius 2 is 2.35 bits per heavy atom. The van der Waals surface area contributed by atoms with Crippen LogP contribution in [0.3, 0.4) is 0 Å². The molecule has 0 saturated carbocycles. The third-order valence-corrected chi connectivity index (χ3v) is 4.74. The second-order valence-electron chi connectivity index (χ2n) is 5.85. The van der Waals surface area contributed by atoms with Crippen LogP contribution in [0.1, 0.15) is 39.6 Å². The SMILES string of the molecule is Cc1cc(Cc2nc(N3CCCC(N)C3)cnc2C(N)=O)sn1. The van der Waals surface area contributed by atoms with Gasteiger partial charge >= 0.3 is 0 Å². The highest BCUT2D eigenvalue weighted by atomic mass is 32.1. The smallest absolute Gasteiger partial charge is 0.269 e. The van der Waals surface area contributed by atoms with Crippen molar-refractivity contribution in [3.8, 4) is 0 Å². The Balaban J connectivity index is 1.91. The van der Waals surface area contributed by atoms with E-state index in [-0.39, 0.29) is 11.7 Å². The summed E-state index contributed by atoms with van der Waals surface area (Å²) in [7, 11) is 0. The molecule has 122 valence electrons. The molecule has 0 aliphatic carbocycles. The fourth-order valence-electron chi connectivity index (χ4n) is 2.78. The summed E-state index contributed by atoms with van der Waals surface area (Å²) >= 11 is 1.40. The predicted octanol–water partition coefficient (Wildman–Crippen LogP) is 0.859. The molecule has 1 aliphatic heterocycles. The van der Waals surface area contributed by atoms with Gasteiger partial charge < -0.3 is 16.4 Å². The number of nitrogens with zero attached hydrogens (tertiary/aromatic N) is 4. The molecule has 1 amide bonds. The zero-order valence-corrected chi connectivity index (χ0v) is 13.8. The molecule has 1 fully saturated rings. The van der Waals surface area contributed by atoms with Gasteiger partial charge in [0.1, 0.15) is 11.5 Å². The molecule has 23 heavy (non-hydrogen) atoms. The minimum atomic E-state index is -0.560. The number of carbonyl (C=O) groups is 1. The number of carbonyl (C=O) groups excluding carboxylic acids is 1. The molecule has 1 saturated heterocycles. The van der Waals surface area contributed by atoms with Crippen LogP contribution in [-0.2, 0) is 6.42 Å². The van der Waals surface area contributed by atoms with E-state index in [0.717, 1.165) is 42.3 Å². The van der Waals surface area contributed by atoms with E-state index in [2.05, 4.69) is 19.2 Å². The van der Waals surface area contributed by atoms with Gasteiger partial charge in [0.15, 0.2) is 0 Å².